The molecule has 0 radical (unpaired) electrons. The Bertz CT molecular complexity index is 1260. The Morgan fingerprint density at radius 2 is 1.74 bits per heavy atom. The lowest BCUT2D eigenvalue weighted by Crippen LogP contribution is -2.31. The predicted octanol–water partition coefficient (Wildman–Crippen LogP) is 4.36. The summed E-state index contributed by atoms with van der Waals surface area (Å²) in [5.74, 6) is -2.86. The first-order valence-electron chi connectivity index (χ1n) is 12.0. The van der Waals surface area contributed by atoms with Crippen molar-refractivity contribution in [3.8, 4) is 17.3 Å². The molecular formula is C25H31F2N7O4. The van der Waals surface area contributed by atoms with Gasteiger partial charge in [-0.2, -0.15) is 4.98 Å². The van der Waals surface area contributed by atoms with Crippen molar-refractivity contribution in [3.05, 3.63) is 47.4 Å². The van der Waals surface area contributed by atoms with E-state index in [0.717, 1.165) is 37.8 Å². The summed E-state index contributed by atoms with van der Waals surface area (Å²) in [5.41, 5.74) is -0.325. The molecule has 11 nitrogen and oxygen atoms in total. The van der Waals surface area contributed by atoms with E-state index in [0.29, 0.717) is 29.8 Å². The predicted molar refractivity (Wildman–Crippen MR) is 133 cm³/mol. The van der Waals surface area contributed by atoms with E-state index in [1.54, 1.807) is 32.9 Å². The standard InChI is InChI=1S/C25H28F2N6O4.H3N/c1-25(2,3)24(36)29-19-9-8-18(31-32-19)21-30-23(37-33-21)14-6-4-13(5-7-14)12-28-22(35)15-10-16(26)20(34)17(27)11-15;/h8-11,13-14,34H,4-7,12H2,1-3H3,(H,28,35)(H,29,32,36);1H3. The third-order valence-electron chi connectivity index (χ3n) is 6.28. The van der Waals surface area contributed by atoms with Gasteiger partial charge in [0.25, 0.3) is 5.91 Å². The highest BCUT2D eigenvalue weighted by Crippen LogP contribution is 2.35. The van der Waals surface area contributed by atoms with Crippen LogP contribution in [0, 0.1) is 23.0 Å². The molecule has 204 valence electrons. The molecule has 2 amide bonds. The second kappa shape index (κ2) is 11.6. The largest absolute Gasteiger partial charge is 0.503 e. The number of carbonyl (C=O) groups is 2. The second-order valence-electron chi connectivity index (χ2n) is 10.2. The van der Waals surface area contributed by atoms with Crippen LogP contribution in [0.15, 0.2) is 28.8 Å². The van der Waals surface area contributed by atoms with Crippen LogP contribution in [0.5, 0.6) is 5.75 Å². The van der Waals surface area contributed by atoms with Crippen LogP contribution in [0.1, 0.15) is 68.6 Å². The Hall–Kier alpha value is -4.00. The van der Waals surface area contributed by atoms with Gasteiger partial charge in [-0.25, -0.2) is 8.78 Å². The zero-order valence-electron chi connectivity index (χ0n) is 21.4. The lowest BCUT2D eigenvalue weighted by Gasteiger charge is -2.26. The molecule has 2 heterocycles. The number of hydrogen-bond donors (Lipinski definition) is 4. The van der Waals surface area contributed by atoms with Gasteiger partial charge in [0.1, 0.15) is 5.69 Å². The van der Waals surface area contributed by atoms with Crippen molar-refractivity contribution < 1.29 is 28.0 Å². The Labute approximate surface area is 218 Å². The van der Waals surface area contributed by atoms with Crippen molar-refractivity contribution in [3.63, 3.8) is 0 Å². The number of aromatic nitrogens is 4. The summed E-state index contributed by atoms with van der Waals surface area (Å²) < 4.78 is 32.5. The number of phenols is 1. The molecule has 4 rings (SSSR count). The molecule has 1 aliphatic carbocycles. The van der Waals surface area contributed by atoms with Gasteiger partial charge in [0, 0.05) is 23.4 Å². The number of benzene rings is 1. The van der Waals surface area contributed by atoms with Crippen LogP contribution in [0.4, 0.5) is 14.6 Å². The first kappa shape index (κ1) is 28.6. The number of phenolic OH excluding ortho intramolecular Hbond substituents is 1. The molecule has 0 spiro atoms. The molecule has 1 aliphatic rings. The van der Waals surface area contributed by atoms with Gasteiger partial charge in [-0.05, 0) is 55.9 Å². The maximum absolute atomic E-state index is 13.5. The van der Waals surface area contributed by atoms with E-state index in [-0.39, 0.29) is 29.5 Å². The van der Waals surface area contributed by atoms with Crippen LogP contribution in [0.2, 0.25) is 0 Å². The van der Waals surface area contributed by atoms with Gasteiger partial charge in [-0.3, -0.25) is 9.59 Å². The molecule has 1 aromatic carbocycles. The van der Waals surface area contributed by atoms with Crippen molar-refractivity contribution >= 4 is 17.6 Å². The monoisotopic (exact) mass is 531 g/mol. The molecule has 0 aliphatic heterocycles. The van der Waals surface area contributed by atoms with E-state index >= 15 is 0 Å². The number of halogens is 2. The number of anilines is 1. The van der Waals surface area contributed by atoms with Gasteiger partial charge in [-0.1, -0.05) is 25.9 Å². The van der Waals surface area contributed by atoms with Gasteiger partial charge in [0.15, 0.2) is 23.2 Å². The van der Waals surface area contributed by atoms with Crippen molar-refractivity contribution in [1.29, 1.82) is 0 Å². The van der Waals surface area contributed by atoms with Gasteiger partial charge in [0.2, 0.25) is 17.6 Å². The average molecular weight is 532 g/mol. The SMILES string of the molecule is CC(C)(C)C(=O)Nc1ccc(-c2noc(C3CCC(CNC(=O)c4cc(F)c(O)c(F)c4)CC3)n2)nn1.N. The van der Waals surface area contributed by atoms with Crippen molar-refractivity contribution in [2.45, 2.75) is 52.4 Å². The molecular weight excluding hydrogens is 500 g/mol. The molecule has 0 saturated heterocycles. The zero-order chi connectivity index (χ0) is 26.7. The minimum absolute atomic E-state index is 0. The first-order chi connectivity index (χ1) is 17.5. The highest BCUT2D eigenvalue weighted by atomic mass is 19.1. The quantitative estimate of drug-likeness (QED) is 0.359. The first-order valence-corrected chi connectivity index (χ1v) is 12.0. The van der Waals surface area contributed by atoms with E-state index in [1.165, 1.54) is 0 Å². The van der Waals surface area contributed by atoms with E-state index in [4.69, 9.17) is 4.52 Å². The molecule has 13 heteroatoms. The third-order valence-corrected chi connectivity index (χ3v) is 6.28. The summed E-state index contributed by atoms with van der Waals surface area (Å²) in [4.78, 5) is 28.8. The van der Waals surface area contributed by atoms with Gasteiger partial charge in [0.05, 0.1) is 0 Å². The van der Waals surface area contributed by atoms with Crippen LogP contribution < -0.4 is 16.8 Å². The normalized spacial score (nSPS) is 17.4. The van der Waals surface area contributed by atoms with Crippen molar-refractivity contribution in [1.82, 2.24) is 31.8 Å². The minimum atomic E-state index is -1.18. The second-order valence-corrected chi connectivity index (χ2v) is 10.2. The summed E-state index contributed by atoms with van der Waals surface area (Å²) in [6, 6.07) is 4.89. The summed E-state index contributed by atoms with van der Waals surface area (Å²) in [5, 5.41) is 26.7. The minimum Gasteiger partial charge on any atom is -0.503 e. The number of nitrogens with zero attached hydrogens (tertiary/aromatic N) is 4. The molecule has 6 N–H and O–H groups in total. The molecule has 38 heavy (non-hydrogen) atoms. The third kappa shape index (κ3) is 6.65. The Balaban J connectivity index is 0.00000400. The van der Waals surface area contributed by atoms with E-state index in [1.807, 2.05) is 0 Å². The number of amides is 2. The maximum Gasteiger partial charge on any atom is 0.251 e. The maximum atomic E-state index is 13.5. The topological polar surface area (TPSA) is 178 Å². The lowest BCUT2D eigenvalue weighted by atomic mass is 9.82. The summed E-state index contributed by atoms with van der Waals surface area (Å²) in [7, 11) is 0. The highest BCUT2D eigenvalue weighted by molar-refractivity contribution is 5.94. The number of aromatic hydroxyl groups is 1. The van der Waals surface area contributed by atoms with Gasteiger partial charge >= 0.3 is 0 Å². The highest BCUT2D eigenvalue weighted by Gasteiger charge is 2.28. The Morgan fingerprint density at radius 1 is 1.08 bits per heavy atom. The van der Waals surface area contributed by atoms with Gasteiger partial charge in [-0.15, -0.1) is 10.2 Å². The van der Waals surface area contributed by atoms with Crippen molar-refractivity contribution in [2.24, 2.45) is 11.3 Å². The van der Waals surface area contributed by atoms with Gasteiger partial charge < -0.3 is 26.4 Å². The van der Waals surface area contributed by atoms with Crippen LogP contribution >= 0.6 is 0 Å². The average Bonchev–Trinajstić information content (AvgIpc) is 3.36. The smallest absolute Gasteiger partial charge is 0.251 e. The number of rotatable bonds is 6. The fourth-order valence-corrected chi connectivity index (χ4v) is 3.98. The fraction of sp³-hybridized carbons (Fsp3) is 0.440. The molecule has 1 fully saturated rings. The molecule has 0 bridgehead atoms. The fourth-order valence-electron chi connectivity index (χ4n) is 3.98. The lowest BCUT2D eigenvalue weighted by molar-refractivity contribution is -0.123. The zero-order valence-corrected chi connectivity index (χ0v) is 21.4. The molecule has 2 aromatic heterocycles. The Morgan fingerprint density at radius 3 is 2.32 bits per heavy atom. The van der Waals surface area contributed by atoms with Crippen LogP contribution in [-0.4, -0.2) is 43.8 Å². The van der Waals surface area contributed by atoms with E-state index < -0.39 is 28.7 Å². The summed E-state index contributed by atoms with van der Waals surface area (Å²) in [6.45, 7) is 5.77. The van der Waals surface area contributed by atoms with Crippen LogP contribution in [0.3, 0.4) is 0 Å². The van der Waals surface area contributed by atoms with E-state index in [9.17, 15) is 23.5 Å². The molecule has 3 aromatic rings. The molecule has 0 unspecified atom stereocenters. The summed E-state index contributed by atoms with van der Waals surface area (Å²) in [6.07, 6.45) is 3.13. The number of carbonyl (C=O) groups excluding carboxylic acids is 2. The van der Waals surface area contributed by atoms with Crippen molar-refractivity contribution in [2.75, 3.05) is 11.9 Å². The summed E-state index contributed by atoms with van der Waals surface area (Å²) >= 11 is 0. The van der Waals surface area contributed by atoms with Crippen LogP contribution in [0.25, 0.3) is 11.5 Å². The molecule has 1 saturated carbocycles. The molecule has 0 atom stereocenters. The van der Waals surface area contributed by atoms with E-state index in [2.05, 4.69) is 31.0 Å². The van der Waals surface area contributed by atoms with Crippen LogP contribution in [-0.2, 0) is 4.79 Å². The number of hydrogen-bond acceptors (Lipinski definition) is 9. The number of nitrogens with one attached hydrogen (secondary N) is 2. The Kier molecular flexibility index (Phi) is 8.71.